The summed E-state index contributed by atoms with van der Waals surface area (Å²) >= 11 is 17.1. The van der Waals surface area contributed by atoms with Gasteiger partial charge in [0.1, 0.15) is 0 Å². The number of hydrogen-bond acceptors (Lipinski definition) is 1. The lowest BCUT2D eigenvalue weighted by Crippen LogP contribution is -1.82. The summed E-state index contributed by atoms with van der Waals surface area (Å²) in [5.74, 6) is 1.09. The molecule has 0 fully saturated rings. The van der Waals surface area contributed by atoms with E-state index in [0.29, 0.717) is 0 Å². The van der Waals surface area contributed by atoms with Gasteiger partial charge in [0.2, 0.25) is 0 Å². The molecule has 0 saturated heterocycles. The van der Waals surface area contributed by atoms with E-state index in [-0.39, 0.29) is 0 Å². The van der Waals surface area contributed by atoms with Crippen molar-refractivity contribution in [3.05, 3.63) is 28.2 Å². The Morgan fingerprint density at radius 1 is 1.21 bits per heavy atom. The maximum Gasteiger partial charge on any atom is 0.0542 e. The average molecular weight is 314 g/mol. The highest BCUT2D eigenvalue weighted by atomic mass is 79.9. The summed E-state index contributed by atoms with van der Waals surface area (Å²) in [6.45, 7) is 0. The lowest BCUT2D eigenvalue weighted by atomic mass is 10.4. The van der Waals surface area contributed by atoms with Crippen LogP contribution in [-0.2, 0) is 0 Å². The van der Waals surface area contributed by atoms with Crippen molar-refractivity contribution in [2.24, 2.45) is 0 Å². The molecule has 0 aliphatic carbocycles. The zero-order valence-electron chi connectivity index (χ0n) is 7.60. The largest absolute Gasteiger partial charge is 0.125 e. The zero-order chi connectivity index (χ0) is 10.4. The molecule has 0 atom stereocenters. The molecular weight excluding hydrogens is 303 g/mol. The van der Waals surface area contributed by atoms with Gasteiger partial charge in [-0.15, -0.1) is 11.8 Å². The molecule has 0 heterocycles. The normalized spacial score (nSPS) is 10.5. The smallest absolute Gasteiger partial charge is 0.0542 e. The fourth-order valence-corrected chi connectivity index (χ4v) is 2.87. The summed E-state index contributed by atoms with van der Waals surface area (Å²) in [5, 5.41) is 2.60. The molecule has 0 bridgehead atoms. The van der Waals surface area contributed by atoms with E-state index >= 15 is 0 Å². The molecule has 0 aromatic heterocycles. The Hall–Kier alpha value is 0.630. The Morgan fingerprint density at radius 3 is 2.71 bits per heavy atom. The molecule has 4 heteroatoms. The third-order valence-electron chi connectivity index (χ3n) is 1.68. The molecular formula is C10H11BrCl2S. The molecule has 1 aromatic rings. The van der Waals surface area contributed by atoms with Crippen LogP contribution in [0.25, 0.3) is 0 Å². The molecule has 0 saturated carbocycles. The van der Waals surface area contributed by atoms with Crippen LogP contribution in [-0.4, -0.2) is 11.1 Å². The first-order valence-corrected chi connectivity index (χ1v) is 7.24. The highest BCUT2D eigenvalue weighted by Gasteiger charge is 2.01. The Labute approximate surface area is 107 Å². The second-order valence-electron chi connectivity index (χ2n) is 2.82. The van der Waals surface area contributed by atoms with Gasteiger partial charge in [0, 0.05) is 15.2 Å². The topological polar surface area (TPSA) is 0 Å². The molecule has 1 rings (SSSR count). The van der Waals surface area contributed by atoms with Crippen LogP contribution < -0.4 is 0 Å². The number of rotatable bonds is 5. The summed E-state index contributed by atoms with van der Waals surface area (Å²) < 4.78 is 0. The van der Waals surface area contributed by atoms with Crippen LogP contribution in [0.15, 0.2) is 23.1 Å². The minimum absolute atomic E-state index is 0.748. The van der Waals surface area contributed by atoms with Crippen molar-refractivity contribution in [3.8, 4) is 0 Å². The first kappa shape index (κ1) is 12.7. The van der Waals surface area contributed by atoms with Gasteiger partial charge < -0.3 is 0 Å². The van der Waals surface area contributed by atoms with E-state index < -0.39 is 0 Å². The second kappa shape index (κ2) is 7.00. The highest BCUT2D eigenvalue weighted by molar-refractivity contribution is 9.09. The first-order valence-electron chi connectivity index (χ1n) is 4.38. The lowest BCUT2D eigenvalue weighted by molar-refractivity contribution is 0.913. The Bertz CT molecular complexity index is 291. The van der Waals surface area contributed by atoms with E-state index in [4.69, 9.17) is 23.2 Å². The van der Waals surface area contributed by atoms with Crippen LogP contribution in [0, 0.1) is 0 Å². The van der Waals surface area contributed by atoms with Gasteiger partial charge in [0.15, 0.2) is 0 Å². The standard InChI is InChI=1S/C10H11BrCl2S/c11-5-1-2-6-14-10-7-8(12)3-4-9(10)13/h3-4,7H,1-2,5-6H2. The maximum atomic E-state index is 6.02. The van der Waals surface area contributed by atoms with Crippen molar-refractivity contribution in [1.82, 2.24) is 0 Å². The molecule has 0 amide bonds. The summed E-state index contributed by atoms with van der Waals surface area (Å²) in [5.41, 5.74) is 0. The van der Waals surface area contributed by atoms with Gasteiger partial charge in [-0.3, -0.25) is 0 Å². The summed E-state index contributed by atoms with van der Waals surface area (Å²) in [6, 6.07) is 5.58. The first-order chi connectivity index (χ1) is 6.74. The van der Waals surface area contributed by atoms with Crippen LogP contribution in [0.2, 0.25) is 10.0 Å². The van der Waals surface area contributed by atoms with Gasteiger partial charge >= 0.3 is 0 Å². The Morgan fingerprint density at radius 2 is 2.00 bits per heavy atom. The van der Waals surface area contributed by atoms with Crippen LogP contribution in [0.5, 0.6) is 0 Å². The molecule has 0 aliphatic rings. The van der Waals surface area contributed by atoms with Gasteiger partial charge in [0.25, 0.3) is 0 Å². The lowest BCUT2D eigenvalue weighted by Gasteiger charge is -2.03. The molecule has 0 nitrogen and oxygen atoms in total. The van der Waals surface area contributed by atoms with E-state index in [2.05, 4.69) is 15.9 Å². The fourth-order valence-electron chi connectivity index (χ4n) is 0.966. The number of alkyl halides is 1. The van der Waals surface area contributed by atoms with E-state index in [9.17, 15) is 0 Å². The molecule has 1 aromatic carbocycles. The number of halogens is 3. The second-order valence-corrected chi connectivity index (χ2v) is 5.59. The number of unbranched alkanes of at least 4 members (excludes halogenated alkanes) is 1. The predicted octanol–water partition coefficient (Wildman–Crippen LogP) is 5.26. The van der Waals surface area contributed by atoms with Crippen LogP contribution in [0.1, 0.15) is 12.8 Å². The monoisotopic (exact) mass is 312 g/mol. The summed E-state index contributed by atoms with van der Waals surface area (Å²) in [4.78, 5) is 1.08. The quantitative estimate of drug-likeness (QED) is 0.406. The zero-order valence-corrected chi connectivity index (χ0v) is 11.5. The molecule has 0 aliphatic heterocycles. The van der Waals surface area contributed by atoms with Gasteiger partial charge in [-0.25, -0.2) is 0 Å². The van der Waals surface area contributed by atoms with E-state index in [1.165, 1.54) is 12.8 Å². The van der Waals surface area contributed by atoms with Crippen LogP contribution >= 0.6 is 50.9 Å². The van der Waals surface area contributed by atoms with Crippen molar-refractivity contribution in [3.63, 3.8) is 0 Å². The number of thioether (sulfide) groups is 1. The molecule has 78 valence electrons. The number of benzene rings is 1. The number of hydrogen-bond donors (Lipinski definition) is 0. The van der Waals surface area contributed by atoms with E-state index in [1.807, 2.05) is 18.2 Å². The molecule has 0 spiro atoms. The van der Waals surface area contributed by atoms with Crippen molar-refractivity contribution in [2.75, 3.05) is 11.1 Å². The molecule has 0 unspecified atom stereocenters. The van der Waals surface area contributed by atoms with Gasteiger partial charge in [-0.2, -0.15) is 0 Å². The summed E-state index contributed by atoms with van der Waals surface area (Å²) in [6.07, 6.45) is 2.39. The Kier molecular flexibility index (Phi) is 6.34. The van der Waals surface area contributed by atoms with Crippen molar-refractivity contribution >= 4 is 50.9 Å². The van der Waals surface area contributed by atoms with Gasteiger partial charge in [-0.1, -0.05) is 39.1 Å². The Balaban J connectivity index is 2.45. The third-order valence-corrected chi connectivity index (χ3v) is 4.06. The average Bonchev–Trinajstić information content (AvgIpc) is 2.18. The maximum absolute atomic E-state index is 6.02. The third kappa shape index (κ3) is 4.43. The van der Waals surface area contributed by atoms with Crippen LogP contribution in [0.4, 0.5) is 0 Å². The van der Waals surface area contributed by atoms with Crippen molar-refractivity contribution < 1.29 is 0 Å². The highest BCUT2D eigenvalue weighted by Crippen LogP contribution is 2.30. The minimum Gasteiger partial charge on any atom is -0.125 e. The molecule has 0 N–H and O–H groups in total. The van der Waals surface area contributed by atoms with Crippen molar-refractivity contribution in [2.45, 2.75) is 17.7 Å². The van der Waals surface area contributed by atoms with E-state index in [1.54, 1.807) is 11.8 Å². The SMILES string of the molecule is Clc1ccc(Cl)c(SCCCCBr)c1. The fraction of sp³-hybridized carbons (Fsp3) is 0.400. The minimum atomic E-state index is 0.748. The van der Waals surface area contributed by atoms with Gasteiger partial charge in [0.05, 0.1) is 5.02 Å². The van der Waals surface area contributed by atoms with Crippen molar-refractivity contribution in [1.29, 1.82) is 0 Å². The van der Waals surface area contributed by atoms with Gasteiger partial charge in [-0.05, 0) is 36.8 Å². The molecule has 0 radical (unpaired) electrons. The predicted molar refractivity (Wildman–Crippen MR) is 70.2 cm³/mol. The van der Waals surface area contributed by atoms with E-state index in [0.717, 1.165) is 26.0 Å². The summed E-state index contributed by atoms with van der Waals surface area (Å²) in [7, 11) is 0. The molecule has 14 heavy (non-hydrogen) atoms. The van der Waals surface area contributed by atoms with Crippen LogP contribution in [0.3, 0.4) is 0 Å².